The molecule has 0 bridgehead atoms. The van der Waals surface area contributed by atoms with E-state index in [-0.39, 0.29) is 0 Å². The second-order valence-corrected chi connectivity index (χ2v) is 5.83. The van der Waals surface area contributed by atoms with Crippen LogP contribution >= 0.6 is 15.9 Å². The van der Waals surface area contributed by atoms with Crippen LogP contribution in [0.1, 0.15) is 25.3 Å². The average molecular weight is 269 g/mol. The molecule has 0 aliphatic heterocycles. The lowest BCUT2D eigenvalue weighted by atomic mass is 10.1. The lowest BCUT2D eigenvalue weighted by molar-refractivity contribution is 0.0791. The Morgan fingerprint density at radius 2 is 2.00 bits per heavy atom. The van der Waals surface area contributed by atoms with Crippen LogP contribution in [0.2, 0.25) is 0 Å². The summed E-state index contributed by atoms with van der Waals surface area (Å²) in [7, 11) is 0. The lowest BCUT2D eigenvalue weighted by Gasteiger charge is -2.17. The summed E-state index contributed by atoms with van der Waals surface area (Å²) in [5, 5.41) is 0. The second-order valence-electron chi connectivity index (χ2n) is 4.46. The molecule has 0 saturated heterocycles. The second kappa shape index (κ2) is 4.67. The van der Waals surface area contributed by atoms with E-state index in [4.69, 9.17) is 4.74 Å². The van der Waals surface area contributed by atoms with Crippen LogP contribution in [-0.4, -0.2) is 11.4 Å². The molecule has 2 heteroatoms. The van der Waals surface area contributed by atoms with Gasteiger partial charge in [-0.25, -0.2) is 0 Å². The summed E-state index contributed by atoms with van der Waals surface area (Å²) in [5.41, 5.74) is 1.69. The Morgan fingerprint density at radius 3 is 2.53 bits per heavy atom. The maximum Gasteiger partial charge on any atom is 0.0717 e. The van der Waals surface area contributed by atoms with Gasteiger partial charge in [-0.1, -0.05) is 53.2 Å². The van der Waals surface area contributed by atoms with E-state index in [1.807, 2.05) is 6.07 Å². The molecule has 1 unspecified atom stereocenters. The largest absolute Gasteiger partial charge is 0.376 e. The smallest absolute Gasteiger partial charge is 0.0717 e. The summed E-state index contributed by atoms with van der Waals surface area (Å²) in [6, 6.07) is 10.4. The van der Waals surface area contributed by atoms with Crippen molar-refractivity contribution in [1.82, 2.24) is 0 Å². The molecule has 0 heterocycles. The Hall–Kier alpha value is -0.340. The van der Waals surface area contributed by atoms with E-state index in [0.29, 0.717) is 10.2 Å². The lowest BCUT2D eigenvalue weighted by Crippen LogP contribution is -2.19. The third kappa shape index (κ3) is 2.82. The molecule has 1 aromatic carbocycles. The van der Waals surface area contributed by atoms with Gasteiger partial charge in [0.05, 0.1) is 13.2 Å². The van der Waals surface area contributed by atoms with Crippen molar-refractivity contribution in [2.45, 2.75) is 31.2 Å². The molecule has 1 nitrogen and oxygen atoms in total. The molecule has 1 aliphatic rings. The van der Waals surface area contributed by atoms with Crippen LogP contribution in [-0.2, 0) is 11.3 Å². The fourth-order valence-corrected chi connectivity index (χ4v) is 2.35. The van der Waals surface area contributed by atoms with E-state index in [0.717, 1.165) is 13.2 Å². The zero-order valence-corrected chi connectivity index (χ0v) is 10.7. The SMILES string of the molecule is CC(Br)C1(COCc2ccccc2)CC1. The molecule has 1 saturated carbocycles. The van der Waals surface area contributed by atoms with Crippen LogP contribution in [0.5, 0.6) is 0 Å². The van der Waals surface area contributed by atoms with E-state index in [9.17, 15) is 0 Å². The molecule has 1 atom stereocenters. The highest BCUT2D eigenvalue weighted by molar-refractivity contribution is 9.09. The molecule has 0 aromatic heterocycles. The summed E-state index contributed by atoms with van der Waals surface area (Å²) in [4.78, 5) is 0.570. The van der Waals surface area contributed by atoms with Gasteiger partial charge in [0.25, 0.3) is 0 Å². The van der Waals surface area contributed by atoms with E-state index >= 15 is 0 Å². The van der Waals surface area contributed by atoms with Crippen LogP contribution in [0.3, 0.4) is 0 Å². The van der Waals surface area contributed by atoms with Crippen molar-refractivity contribution in [3.05, 3.63) is 35.9 Å². The van der Waals surface area contributed by atoms with E-state index in [2.05, 4.69) is 47.1 Å². The summed E-state index contributed by atoms with van der Waals surface area (Å²) in [5.74, 6) is 0. The molecule has 0 N–H and O–H groups in total. The first kappa shape index (κ1) is 11.2. The molecule has 2 rings (SSSR count). The normalized spacial score (nSPS) is 19.9. The predicted octanol–water partition coefficient (Wildman–Crippen LogP) is 3.77. The first-order valence-electron chi connectivity index (χ1n) is 5.49. The zero-order chi connectivity index (χ0) is 10.7. The first-order chi connectivity index (χ1) is 7.23. The van der Waals surface area contributed by atoms with Gasteiger partial charge in [0.2, 0.25) is 0 Å². The Kier molecular flexibility index (Phi) is 3.47. The van der Waals surface area contributed by atoms with Crippen LogP contribution in [0, 0.1) is 5.41 Å². The van der Waals surface area contributed by atoms with Crippen LogP contribution in [0.25, 0.3) is 0 Å². The highest BCUT2D eigenvalue weighted by atomic mass is 79.9. The van der Waals surface area contributed by atoms with E-state index in [1.54, 1.807) is 0 Å². The standard InChI is InChI=1S/C13H17BrO/c1-11(14)13(7-8-13)10-15-9-12-5-3-2-4-6-12/h2-6,11H,7-10H2,1H3. The fourth-order valence-electron chi connectivity index (χ4n) is 1.76. The topological polar surface area (TPSA) is 9.23 Å². The average Bonchev–Trinajstić information content (AvgIpc) is 3.01. The van der Waals surface area contributed by atoms with Gasteiger partial charge < -0.3 is 4.74 Å². The van der Waals surface area contributed by atoms with E-state index < -0.39 is 0 Å². The zero-order valence-electron chi connectivity index (χ0n) is 9.08. The van der Waals surface area contributed by atoms with Crippen LogP contribution in [0.4, 0.5) is 0 Å². The maximum absolute atomic E-state index is 5.78. The number of halogens is 1. The third-order valence-corrected chi connectivity index (χ3v) is 4.21. The molecular weight excluding hydrogens is 252 g/mol. The Bertz CT molecular complexity index is 304. The van der Waals surface area contributed by atoms with Crippen molar-refractivity contribution in [2.75, 3.05) is 6.61 Å². The molecule has 82 valence electrons. The Labute approximate surface area is 100.0 Å². The molecule has 1 fully saturated rings. The number of alkyl halides is 1. The summed E-state index contributed by atoms with van der Waals surface area (Å²) in [6.45, 7) is 3.84. The van der Waals surface area contributed by atoms with Gasteiger partial charge in [-0.05, 0) is 18.4 Å². The van der Waals surface area contributed by atoms with Gasteiger partial charge in [-0.15, -0.1) is 0 Å². The molecule has 1 aromatic rings. The minimum Gasteiger partial charge on any atom is -0.376 e. The van der Waals surface area contributed by atoms with Gasteiger partial charge in [0.15, 0.2) is 0 Å². The summed E-state index contributed by atoms with van der Waals surface area (Å²) >= 11 is 3.66. The number of ether oxygens (including phenoxy) is 1. The fraction of sp³-hybridized carbons (Fsp3) is 0.538. The quantitative estimate of drug-likeness (QED) is 0.739. The van der Waals surface area contributed by atoms with E-state index in [1.165, 1.54) is 18.4 Å². The van der Waals surface area contributed by atoms with Gasteiger partial charge in [0.1, 0.15) is 0 Å². The minimum absolute atomic E-state index is 0.425. The molecule has 1 aliphatic carbocycles. The van der Waals surface area contributed by atoms with Crippen molar-refractivity contribution in [3.63, 3.8) is 0 Å². The van der Waals surface area contributed by atoms with Crippen molar-refractivity contribution >= 4 is 15.9 Å². The van der Waals surface area contributed by atoms with Crippen molar-refractivity contribution < 1.29 is 4.74 Å². The van der Waals surface area contributed by atoms with Crippen molar-refractivity contribution in [2.24, 2.45) is 5.41 Å². The molecular formula is C13H17BrO. The van der Waals surface area contributed by atoms with Crippen molar-refractivity contribution in [3.8, 4) is 0 Å². The summed E-state index contributed by atoms with van der Waals surface area (Å²) < 4.78 is 5.78. The Balaban J connectivity index is 1.76. The maximum atomic E-state index is 5.78. The molecule has 0 amide bonds. The minimum atomic E-state index is 0.425. The predicted molar refractivity (Wildman–Crippen MR) is 66.2 cm³/mol. The van der Waals surface area contributed by atoms with Gasteiger partial charge in [0, 0.05) is 10.2 Å². The van der Waals surface area contributed by atoms with Gasteiger partial charge >= 0.3 is 0 Å². The first-order valence-corrected chi connectivity index (χ1v) is 6.40. The molecule has 15 heavy (non-hydrogen) atoms. The Morgan fingerprint density at radius 1 is 1.33 bits per heavy atom. The van der Waals surface area contributed by atoms with Crippen LogP contribution < -0.4 is 0 Å². The van der Waals surface area contributed by atoms with Gasteiger partial charge in [-0.2, -0.15) is 0 Å². The van der Waals surface area contributed by atoms with Crippen LogP contribution in [0.15, 0.2) is 30.3 Å². The highest BCUT2D eigenvalue weighted by Gasteiger charge is 2.46. The molecule has 0 spiro atoms. The number of hydrogen-bond acceptors (Lipinski definition) is 1. The van der Waals surface area contributed by atoms with Crippen molar-refractivity contribution in [1.29, 1.82) is 0 Å². The number of benzene rings is 1. The summed E-state index contributed by atoms with van der Waals surface area (Å²) in [6.07, 6.45) is 2.60. The monoisotopic (exact) mass is 268 g/mol. The number of rotatable bonds is 5. The third-order valence-electron chi connectivity index (χ3n) is 3.24. The number of hydrogen-bond donors (Lipinski definition) is 0. The van der Waals surface area contributed by atoms with Gasteiger partial charge in [-0.3, -0.25) is 0 Å². The highest BCUT2D eigenvalue weighted by Crippen LogP contribution is 2.51. The molecule has 0 radical (unpaired) electrons.